The largest absolute Gasteiger partial charge is 0.491 e. The summed E-state index contributed by atoms with van der Waals surface area (Å²) in [5, 5.41) is 0. The summed E-state index contributed by atoms with van der Waals surface area (Å²) in [6, 6.07) is 11.5. The van der Waals surface area contributed by atoms with Crippen molar-refractivity contribution in [3.8, 4) is 5.75 Å². The molecule has 0 aromatic heterocycles. The van der Waals surface area contributed by atoms with E-state index in [4.69, 9.17) is 21.9 Å². The van der Waals surface area contributed by atoms with Crippen LogP contribution in [0.2, 0.25) is 0 Å². The number of hydrogen-bond donors (Lipinski definition) is 3. The van der Waals surface area contributed by atoms with Crippen LogP contribution in [0.3, 0.4) is 0 Å². The zero-order valence-corrected chi connectivity index (χ0v) is 16.7. The molecule has 0 amide bonds. The van der Waals surface area contributed by atoms with Gasteiger partial charge in [0, 0.05) is 17.4 Å². The van der Waals surface area contributed by atoms with Crippen molar-refractivity contribution in [2.75, 3.05) is 23.8 Å². The fourth-order valence-electron chi connectivity index (χ4n) is 2.52. The van der Waals surface area contributed by atoms with Crippen LogP contribution in [-0.4, -0.2) is 6.61 Å². The minimum Gasteiger partial charge on any atom is -0.491 e. The number of nitrogens with two attached hydrogens (primary N) is 3. The molecule has 0 bridgehead atoms. The van der Waals surface area contributed by atoms with E-state index in [2.05, 4.69) is 13.8 Å². The highest BCUT2D eigenvalue weighted by molar-refractivity contribution is 5.63. The molecule has 2 aromatic rings. The molecule has 4 heteroatoms. The molecule has 0 fully saturated rings. The molecule has 0 saturated heterocycles. The van der Waals surface area contributed by atoms with Crippen molar-refractivity contribution in [2.24, 2.45) is 5.92 Å². The third kappa shape index (κ3) is 7.68. The van der Waals surface area contributed by atoms with E-state index in [9.17, 15) is 0 Å². The Morgan fingerprint density at radius 3 is 2.12 bits per heavy atom. The first-order valence-electron chi connectivity index (χ1n) is 9.47. The summed E-state index contributed by atoms with van der Waals surface area (Å²) in [5.74, 6) is 1.32. The summed E-state index contributed by atoms with van der Waals surface area (Å²) < 4.78 is 5.82. The lowest BCUT2D eigenvalue weighted by Gasteiger charge is -2.17. The second-order valence-corrected chi connectivity index (χ2v) is 6.88. The second-order valence-electron chi connectivity index (χ2n) is 6.88. The predicted octanol–water partition coefficient (Wildman–Crippen LogP) is 5.33. The molecule has 144 valence electrons. The first kappa shape index (κ1) is 21.7. The highest BCUT2D eigenvalue weighted by Crippen LogP contribution is 2.28. The minimum absolute atomic E-state index is 0.604. The van der Waals surface area contributed by atoms with E-state index in [1.807, 2.05) is 50.2 Å². The number of aryl methyl sites for hydroxylation is 2. The van der Waals surface area contributed by atoms with Crippen molar-refractivity contribution in [1.29, 1.82) is 0 Å². The number of hydrogen-bond acceptors (Lipinski definition) is 4. The van der Waals surface area contributed by atoms with E-state index in [1.54, 1.807) is 0 Å². The fourth-order valence-corrected chi connectivity index (χ4v) is 2.52. The molecule has 0 aliphatic rings. The lowest BCUT2D eigenvalue weighted by molar-refractivity contribution is 0.234. The van der Waals surface area contributed by atoms with Gasteiger partial charge in [0.15, 0.2) is 0 Å². The van der Waals surface area contributed by atoms with E-state index < -0.39 is 0 Å². The number of unbranched alkanes of at least 4 members (excludes halogenated alkanes) is 1. The maximum absolute atomic E-state index is 5.94. The maximum Gasteiger partial charge on any atom is 0.144 e. The van der Waals surface area contributed by atoms with Crippen molar-refractivity contribution in [3.05, 3.63) is 47.5 Å². The van der Waals surface area contributed by atoms with Crippen molar-refractivity contribution in [3.63, 3.8) is 0 Å². The second kappa shape index (κ2) is 11.3. The molecule has 0 saturated carbocycles. The lowest BCUT2D eigenvalue weighted by Crippen LogP contribution is -2.12. The molecule has 0 radical (unpaired) electrons. The number of benzene rings is 2. The van der Waals surface area contributed by atoms with E-state index in [0.29, 0.717) is 17.4 Å². The van der Waals surface area contributed by atoms with Gasteiger partial charge in [-0.1, -0.05) is 50.8 Å². The van der Waals surface area contributed by atoms with Gasteiger partial charge in [0.1, 0.15) is 5.75 Å². The summed E-state index contributed by atoms with van der Waals surface area (Å²) >= 11 is 0. The van der Waals surface area contributed by atoms with Crippen molar-refractivity contribution in [2.45, 2.75) is 53.4 Å². The fraction of sp³-hybridized carbons (Fsp3) is 0.455. The smallest absolute Gasteiger partial charge is 0.144 e. The molecule has 4 nitrogen and oxygen atoms in total. The van der Waals surface area contributed by atoms with Crippen LogP contribution >= 0.6 is 0 Å². The van der Waals surface area contributed by atoms with Gasteiger partial charge in [0.05, 0.1) is 12.3 Å². The van der Waals surface area contributed by atoms with Crippen molar-refractivity contribution in [1.82, 2.24) is 0 Å². The molecule has 1 unspecified atom stereocenters. The van der Waals surface area contributed by atoms with Gasteiger partial charge in [0.2, 0.25) is 0 Å². The van der Waals surface area contributed by atoms with Crippen LogP contribution in [0.15, 0.2) is 36.4 Å². The van der Waals surface area contributed by atoms with Gasteiger partial charge in [-0.25, -0.2) is 0 Å². The number of anilines is 3. The standard InChI is InChI=1S/C15H26N2O.C7H9N/c1-4-6-7-12(5-2)10-18-15-9-13(16)11(3)8-14(15)17;1-6-2-4-7(8)5-3-6/h8-9,12H,4-7,10,16-17H2,1-3H3;2-5H,8H2,1H3. The van der Waals surface area contributed by atoms with Gasteiger partial charge in [-0.15, -0.1) is 0 Å². The highest BCUT2D eigenvalue weighted by Gasteiger charge is 2.09. The van der Waals surface area contributed by atoms with Gasteiger partial charge in [-0.3, -0.25) is 0 Å². The molecular weight excluding hydrogens is 322 g/mol. The van der Waals surface area contributed by atoms with E-state index in [-0.39, 0.29) is 0 Å². The summed E-state index contributed by atoms with van der Waals surface area (Å²) in [4.78, 5) is 0. The lowest BCUT2D eigenvalue weighted by atomic mass is 10.0. The van der Waals surface area contributed by atoms with Gasteiger partial charge in [0.25, 0.3) is 0 Å². The average Bonchev–Trinajstić information content (AvgIpc) is 2.62. The van der Waals surface area contributed by atoms with Crippen molar-refractivity contribution >= 4 is 17.1 Å². The molecule has 0 aliphatic carbocycles. The van der Waals surface area contributed by atoms with Crippen LogP contribution in [-0.2, 0) is 0 Å². The van der Waals surface area contributed by atoms with Crippen LogP contribution in [0.5, 0.6) is 5.75 Å². The van der Waals surface area contributed by atoms with Gasteiger partial charge >= 0.3 is 0 Å². The Bertz CT molecular complexity index is 632. The molecular formula is C22H35N3O. The molecule has 0 spiro atoms. The Kier molecular flexibility index (Phi) is 9.42. The molecule has 26 heavy (non-hydrogen) atoms. The van der Waals surface area contributed by atoms with Crippen LogP contribution < -0.4 is 21.9 Å². The number of ether oxygens (including phenoxy) is 1. The SMILES string of the molecule is CCCCC(CC)COc1cc(N)c(C)cc1N.Cc1ccc(N)cc1. The molecule has 1 atom stereocenters. The van der Waals surface area contributed by atoms with Gasteiger partial charge in [-0.05, 0) is 49.9 Å². The molecule has 2 aromatic carbocycles. The highest BCUT2D eigenvalue weighted by atomic mass is 16.5. The van der Waals surface area contributed by atoms with Crippen LogP contribution in [0.1, 0.15) is 50.7 Å². The van der Waals surface area contributed by atoms with E-state index in [0.717, 1.165) is 30.0 Å². The minimum atomic E-state index is 0.604. The zero-order chi connectivity index (χ0) is 19.5. The van der Waals surface area contributed by atoms with E-state index in [1.165, 1.54) is 24.8 Å². The Morgan fingerprint density at radius 1 is 0.923 bits per heavy atom. The molecule has 6 N–H and O–H groups in total. The third-order valence-electron chi connectivity index (χ3n) is 4.49. The first-order chi connectivity index (χ1) is 12.4. The van der Waals surface area contributed by atoms with Crippen LogP contribution in [0, 0.1) is 19.8 Å². The third-order valence-corrected chi connectivity index (χ3v) is 4.49. The molecule has 0 heterocycles. The molecule has 0 aliphatic heterocycles. The van der Waals surface area contributed by atoms with Gasteiger partial charge in [-0.2, -0.15) is 0 Å². The van der Waals surface area contributed by atoms with Crippen LogP contribution in [0.4, 0.5) is 17.1 Å². The summed E-state index contributed by atoms with van der Waals surface area (Å²) in [6.45, 7) is 9.14. The summed E-state index contributed by atoms with van der Waals surface area (Å²) in [6.07, 6.45) is 4.85. The topological polar surface area (TPSA) is 87.3 Å². The van der Waals surface area contributed by atoms with E-state index >= 15 is 0 Å². The number of nitrogen functional groups attached to an aromatic ring is 3. The predicted molar refractivity (Wildman–Crippen MR) is 114 cm³/mol. The normalized spacial score (nSPS) is 11.4. The quantitative estimate of drug-likeness (QED) is 0.584. The Hall–Kier alpha value is -2.36. The Balaban J connectivity index is 0.000000350. The van der Waals surface area contributed by atoms with Crippen LogP contribution in [0.25, 0.3) is 0 Å². The number of rotatable bonds is 7. The Morgan fingerprint density at radius 2 is 1.58 bits per heavy atom. The van der Waals surface area contributed by atoms with Crippen molar-refractivity contribution < 1.29 is 4.74 Å². The average molecular weight is 358 g/mol. The molecule has 2 rings (SSSR count). The monoisotopic (exact) mass is 357 g/mol. The summed E-state index contributed by atoms with van der Waals surface area (Å²) in [5.41, 5.74) is 21.7. The first-order valence-corrected chi connectivity index (χ1v) is 9.47. The zero-order valence-electron chi connectivity index (χ0n) is 16.7. The summed E-state index contributed by atoms with van der Waals surface area (Å²) in [7, 11) is 0. The Labute approximate surface area is 158 Å². The van der Waals surface area contributed by atoms with Gasteiger partial charge < -0.3 is 21.9 Å². The maximum atomic E-state index is 5.94.